The van der Waals surface area contributed by atoms with Crippen LogP contribution in [0, 0.1) is 0 Å². The van der Waals surface area contributed by atoms with Crippen LogP contribution in [0.1, 0.15) is 5.56 Å². The number of hydrogen-bond donors (Lipinski definition) is 0. The fraction of sp³-hybridized carbons (Fsp3) is 0.154. The van der Waals surface area contributed by atoms with E-state index in [1.165, 1.54) is 11.1 Å². The Morgan fingerprint density at radius 3 is 2.75 bits per heavy atom. The molecule has 0 fully saturated rings. The molecule has 0 saturated heterocycles. The molecule has 1 aromatic rings. The summed E-state index contributed by atoms with van der Waals surface area (Å²) in [6, 6.07) is 9.58. The van der Waals surface area contributed by atoms with Gasteiger partial charge in [0.25, 0.3) is 0 Å². The second-order valence-electron chi connectivity index (χ2n) is 3.25. The summed E-state index contributed by atoms with van der Waals surface area (Å²) in [6.45, 7) is 4.06. The lowest BCUT2D eigenvalue weighted by molar-refractivity contribution is -0.174. The highest BCUT2D eigenvalue weighted by atomic mass is 16.7. The van der Waals surface area contributed by atoms with E-state index in [1.54, 1.807) is 19.2 Å². The van der Waals surface area contributed by atoms with Gasteiger partial charge in [-0.15, -0.1) is 11.6 Å². The molecule has 3 nitrogen and oxygen atoms in total. The number of carbonyl (C=O) groups is 1. The number of likely N-dealkylation sites (N-methyl/N-ethyl adjacent to an activating group) is 1. The molecule has 0 aliphatic rings. The normalized spacial score (nSPS) is 10.6. The molecule has 0 radical (unpaired) electrons. The van der Waals surface area contributed by atoms with E-state index >= 15 is 0 Å². The zero-order valence-electron chi connectivity index (χ0n) is 9.30. The van der Waals surface area contributed by atoms with Crippen LogP contribution < -0.4 is 0 Å². The highest BCUT2D eigenvalue weighted by Gasteiger charge is 2.01. The first-order valence-electron chi connectivity index (χ1n) is 4.99. The standard InChI is InChI=1S/C13H15NO2/c1-3-11-14(2)16-13(15)10-9-12-7-5-4-6-8-12/h3-10H,1,11H2,2H3. The molecule has 0 atom stereocenters. The van der Waals surface area contributed by atoms with Gasteiger partial charge < -0.3 is 4.84 Å². The van der Waals surface area contributed by atoms with Gasteiger partial charge in [0, 0.05) is 13.1 Å². The number of nitrogens with zero attached hydrogens (tertiary/aromatic N) is 1. The molecular weight excluding hydrogens is 202 g/mol. The minimum atomic E-state index is -0.395. The fourth-order valence-corrected chi connectivity index (χ4v) is 1.13. The third kappa shape index (κ3) is 4.57. The lowest BCUT2D eigenvalue weighted by atomic mass is 10.2. The number of carbonyl (C=O) groups excluding carboxylic acids is 1. The van der Waals surface area contributed by atoms with Gasteiger partial charge in [0.2, 0.25) is 0 Å². The first-order valence-corrected chi connectivity index (χ1v) is 4.99. The van der Waals surface area contributed by atoms with E-state index in [9.17, 15) is 4.79 Å². The van der Waals surface area contributed by atoms with Crippen molar-refractivity contribution in [2.45, 2.75) is 0 Å². The van der Waals surface area contributed by atoms with E-state index in [1.807, 2.05) is 30.3 Å². The Morgan fingerprint density at radius 1 is 1.44 bits per heavy atom. The lowest BCUT2D eigenvalue weighted by Crippen LogP contribution is -2.21. The van der Waals surface area contributed by atoms with Gasteiger partial charge in [-0.05, 0) is 11.6 Å². The molecular formula is C13H15NO2. The molecule has 0 aliphatic carbocycles. The van der Waals surface area contributed by atoms with Crippen molar-refractivity contribution in [2.24, 2.45) is 0 Å². The summed E-state index contributed by atoms with van der Waals surface area (Å²) in [4.78, 5) is 16.3. The van der Waals surface area contributed by atoms with E-state index in [4.69, 9.17) is 4.84 Å². The Bertz CT molecular complexity index is 371. The molecule has 3 heteroatoms. The maximum atomic E-state index is 11.3. The van der Waals surface area contributed by atoms with Crippen LogP contribution in [0.4, 0.5) is 0 Å². The van der Waals surface area contributed by atoms with Gasteiger partial charge in [-0.1, -0.05) is 36.4 Å². The van der Waals surface area contributed by atoms with Crippen molar-refractivity contribution >= 4 is 12.0 Å². The first kappa shape index (κ1) is 12.2. The molecule has 0 spiro atoms. The van der Waals surface area contributed by atoms with Crippen LogP contribution >= 0.6 is 0 Å². The maximum Gasteiger partial charge on any atom is 0.349 e. The zero-order chi connectivity index (χ0) is 11.8. The van der Waals surface area contributed by atoms with Gasteiger partial charge in [0.15, 0.2) is 0 Å². The average Bonchev–Trinajstić information content (AvgIpc) is 2.28. The number of hydroxylamine groups is 2. The van der Waals surface area contributed by atoms with E-state index in [0.29, 0.717) is 6.54 Å². The van der Waals surface area contributed by atoms with Crippen LogP contribution in [-0.4, -0.2) is 24.6 Å². The van der Waals surface area contributed by atoms with Crippen molar-refractivity contribution in [1.82, 2.24) is 5.06 Å². The number of benzene rings is 1. The van der Waals surface area contributed by atoms with Gasteiger partial charge >= 0.3 is 5.97 Å². The maximum absolute atomic E-state index is 11.3. The van der Waals surface area contributed by atoms with Crippen LogP contribution in [0.15, 0.2) is 49.1 Å². The fourth-order valence-electron chi connectivity index (χ4n) is 1.13. The molecule has 0 heterocycles. The molecule has 1 aromatic carbocycles. The van der Waals surface area contributed by atoms with Gasteiger partial charge in [0.05, 0.1) is 6.54 Å². The van der Waals surface area contributed by atoms with E-state index in [2.05, 4.69) is 6.58 Å². The SMILES string of the molecule is C=CCN(C)OC(=O)C=Cc1ccccc1. The minimum absolute atomic E-state index is 0.395. The predicted molar refractivity (Wildman–Crippen MR) is 64.4 cm³/mol. The van der Waals surface area contributed by atoms with E-state index in [0.717, 1.165) is 5.56 Å². The number of rotatable bonds is 5. The van der Waals surface area contributed by atoms with Crippen LogP contribution in [-0.2, 0) is 9.63 Å². The molecule has 0 aliphatic heterocycles. The Hall–Kier alpha value is -1.87. The largest absolute Gasteiger partial charge is 0.364 e. The zero-order valence-corrected chi connectivity index (χ0v) is 9.30. The smallest absolute Gasteiger partial charge is 0.349 e. The first-order chi connectivity index (χ1) is 7.72. The van der Waals surface area contributed by atoms with Gasteiger partial charge in [0.1, 0.15) is 0 Å². The Morgan fingerprint density at radius 2 is 2.12 bits per heavy atom. The second-order valence-corrected chi connectivity index (χ2v) is 3.25. The minimum Gasteiger partial charge on any atom is -0.364 e. The summed E-state index contributed by atoms with van der Waals surface area (Å²) in [6.07, 6.45) is 4.77. The Balaban J connectivity index is 2.45. The molecule has 16 heavy (non-hydrogen) atoms. The van der Waals surface area contributed by atoms with Crippen LogP contribution in [0.3, 0.4) is 0 Å². The van der Waals surface area contributed by atoms with Crippen LogP contribution in [0.25, 0.3) is 6.08 Å². The summed E-state index contributed by atoms with van der Waals surface area (Å²) in [5.74, 6) is -0.395. The molecule has 0 N–H and O–H groups in total. The van der Waals surface area contributed by atoms with Crippen molar-refractivity contribution in [3.05, 3.63) is 54.6 Å². The summed E-state index contributed by atoms with van der Waals surface area (Å²) in [7, 11) is 1.68. The van der Waals surface area contributed by atoms with E-state index in [-0.39, 0.29) is 0 Å². The number of hydrogen-bond acceptors (Lipinski definition) is 3. The highest BCUT2D eigenvalue weighted by Crippen LogP contribution is 2.01. The average molecular weight is 217 g/mol. The molecule has 0 amide bonds. The topological polar surface area (TPSA) is 29.5 Å². The van der Waals surface area contributed by atoms with Crippen molar-refractivity contribution in [3.8, 4) is 0 Å². The molecule has 0 aromatic heterocycles. The summed E-state index contributed by atoms with van der Waals surface area (Å²) in [5.41, 5.74) is 0.964. The lowest BCUT2D eigenvalue weighted by Gasteiger charge is -2.11. The predicted octanol–water partition coefficient (Wildman–Crippen LogP) is 2.28. The molecule has 0 bridgehead atoms. The van der Waals surface area contributed by atoms with Gasteiger partial charge in [-0.25, -0.2) is 4.79 Å². The van der Waals surface area contributed by atoms with Gasteiger partial charge in [-0.3, -0.25) is 0 Å². The van der Waals surface area contributed by atoms with Crippen LogP contribution in [0.2, 0.25) is 0 Å². The van der Waals surface area contributed by atoms with Gasteiger partial charge in [-0.2, -0.15) is 0 Å². The molecule has 84 valence electrons. The molecule has 1 rings (SSSR count). The summed E-state index contributed by atoms with van der Waals surface area (Å²) < 4.78 is 0. The monoisotopic (exact) mass is 217 g/mol. The quantitative estimate of drug-likeness (QED) is 0.430. The third-order valence-electron chi connectivity index (χ3n) is 1.84. The van der Waals surface area contributed by atoms with Crippen molar-refractivity contribution < 1.29 is 9.63 Å². The molecule has 0 unspecified atom stereocenters. The van der Waals surface area contributed by atoms with Crippen LogP contribution in [0.5, 0.6) is 0 Å². The second kappa shape index (κ2) is 6.58. The highest BCUT2D eigenvalue weighted by molar-refractivity contribution is 5.86. The van der Waals surface area contributed by atoms with Crippen molar-refractivity contribution in [1.29, 1.82) is 0 Å². The Labute approximate surface area is 95.6 Å². The van der Waals surface area contributed by atoms with E-state index < -0.39 is 5.97 Å². The molecule has 0 saturated carbocycles. The van der Waals surface area contributed by atoms with Crippen molar-refractivity contribution in [3.63, 3.8) is 0 Å². The summed E-state index contributed by atoms with van der Waals surface area (Å²) >= 11 is 0. The Kier molecular flexibility index (Phi) is 5.02. The summed E-state index contributed by atoms with van der Waals surface area (Å²) in [5, 5.41) is 1.42. The third-order valence-corrected chi connectivity index (χ3v) is 1.84. The van der Waals surface area contributed by atoms with Crippen molar-refractivity contribution in [2.75, 3.05) is 13.6 Å².